The molecule has 0 fully saturated rings. The highest BCUT2D eigenvalue weighted by atomic mass is 16.5. The minimum absolute atomic E-state index is 0.140. The molecule has 0 saturated carbocycles. The third kappa shape index (κ3) is 8.71. The van der Waals surface area contributed by atoms with Gasteiger partial charge >= 0.3 is 11.9 Å². The average Bonchev–Trinajstić information content (AvgIpc) is 2.92. The number of carboxylic acid groups (broad SMARTS) is 2. The monoisotopic (exact) mass is 540 g/mol. The molecule has 0 aromatic heterocycles. The fourth-order valence-corrected chi connectivity index (χ4v) is 3.76. The summed E-state index contributed by atoms with van der Waals surface area (Å²) in [6.45, 7) is 1.74. The van der Waals surface area contributed by atoms with Crippen LogP contribution >= 0.6 is 0 Å². The molecule has 0 spiro atoms. The number of aliphatic imine (C=N–C) groups is 1. The van der Waals surface area contributed by atoms with E-state index >= 15 is 0 Å². The summed E-state index contributed by atoms with van der Waals surface area (Å²) in [7, 11) is 0. The maximum absolute atomic E-state index is 13.2. The number of ether oxygens (including phenoxy) is 1. The molecule has 0 unspecified atom stereocenters. The predicted molar refractivity (Wildman–Crippen MR) is 144 cm³/mol. The smallest absolute Gasteiger partial charge is 0.327 e. The summed E-state index contributed by atoms with van der Waals surface area (Å²) < 4.78 is 5.53. The van der Waals surface area contributed by atoms with Crippen LogP contribution < -0.4 is 31.3 Å². The third-order valence-electron chi connectivity index (χ3n) is 5.65. The Morgan fingerprint density at radius 1 is 1.13 bits per heavy atom. The number of amides is 2. The second-order valence-corrected chi connectivity index (χ2v) is 8.60. The fraction of sp³-hybridized carbons (Fsp3) is 0.346. The van der Waals surface area contributed by atoms with Crippen LogP contribution in [0.25, 0.3) is 0 Å². The molecule has 0 radical (unpaired) electrons. The van der Waals surface area contributed by atoms with Crippen molar-refractivity contribution < 1.29 is 34.1 Å². The first-order chi connectivity index (χ1) is 18.8. The van der Waals surface area contributed by atoms with Gasteiger partial charge in [-0.1, -0.05) is 6.07 Å². The molecule has 2 aromatic carbocycles. The van der Waals surface area contributed by atoms with Gasteiger partial charge in [0.15, 0.2) is 5.96 Å². The Balaban J connectivity index is 1.73. The van der Waals surface area contributed by atoms with Crippen molar-refractivity contribution in [1.29, 1.82) is 0 Å². The van der Waals surface area contributed by atoms with Gasteiger partial charge in [-0.3, -0.25) is 24.3 Å². The van der Waals surface area contributed by atoms with Gasteiger partial charge in [0, 0.05) is 30.0 Å². The Labute approximate surface area is 225 Å². The minimum Gasteiger partial charge on any atom is -0.494 e. The number of nitrogens with two attached hydrogens (primary N) is 1. The molecular weight excluding hydrogens is 508 g/mol. The summed E-state index contributed by atoms with van der Waals surface area (Å²) in [6.07, 6.45) is 0.729. The lowest BCUT2D eigenvalue weighted by Crippen LogP contribution is -2.50. The van der Waals surface area contributed by atoms with Crippen LogP contribution in [0.3, 0.4) is 0 Å². The molecule has 13 nitrogen and oxygen atoms in total. The normalized spacial score (nSPS) is 13.3. The molecule has 39 heavy (non-hydrogen) atoms. The quantitative estimate of drug-likeness (QED) is 0.198. The number of anilines is 2. The zero-order chi connectivity index (χ0) is 28.2. The first kappa shape index (κ1) is 28.9. The van der Waals surface area contributed by atoms with Crippen LogP contribution in [0.5, 0.6) is 5.75 Å². The molecule has 2 aromatic rings. The Bertz CT molecular complexity index is 1200. The number of hydrogen-bond acceptors (Lipinski definition) is 9. The number of aliphatic carboxylic acids is 2. The maximum atomic E-state index is 13.2. The Morgan fingerprint density at radius 2 is 1.90 bits per heavy atom. The third-order valence-corrected chi connectivity index (χ3v) is 5.65. The van der Waals surface area contributed by atoms with Gasteiger partial charge in [-0.25, -0.2) is 4.79 Å². The topological polar surface area (TPSA) is 196 Å². The van der Waals surface area contributed by atoms with Crippen LogP contribution in [0.1, 0.15) is 29.6 Å². The Hall–Kier alpha value is -4.65. The Morgan fingerprint density at radius 3 is 2.54 bits per heavy atom. The number of carbonyl (C=O) groups excluding carboxylic acids is 2. The number of benzene rings is 2. The van der Waals surface area contributed by atoms with E-state index in [1.165, 1.54) is 24.3 Å². The maximum Gasteiger partial charge on any atom is 0.327 e. The van der Waals surface area contributed by atoms with E-state index in [4.69, 9.17) is 10.5 Å². The molecule has 13 heteroatoms. The van der Waals surface area contributed by atoms with E-state index in [1.54, 1.807) is 24.3 Å². The van der Waals surface area contributed by atoms with Gasteiger partial charge < -0.3 is 36.6 Å². The lowest BCUT2D eigenvalue weighted by Gasteiger charge is -2.28. The van der Waals surface area contributed by atoms with Gasteiger partial charge in [-0.05, 0) is 61.9 Å². The summed E-state index contributed by atoms with van der Waals surface area (Å²) >= 11 is 0. The summed E-state index contributed by atoms with van der Waals surface area (Å²) in [5.74, 6) is -3.20. The number of carbonyl (C=O) groups is 4. The number of nitrogens with one attached hydrogen (secondary N) is 3. The van der Waals surface area contributed by atoms with Crippen LogP contribution in [0.4, 0.5) is 11.4 Å². The van der Waals surface area contributed by atoms with Crippen molar-refractivity contribution in [2.75, 3.05) is 43.0 Å². The molecule has 1 aliphatic rings. The van der Waals surface area contributed by atoms with Gasteiger partial charge in [0.2, 0.25) is 5.91 Å². The van der Waals surface area contributed by atoms with Gasteiger partial charge in [0.05, 0.1) is 19.6 Å². The van der Waals surface area contributed by atoms with Crippen LogP contribution in [0, 0.1) is 0 Å². The van der Waals surface area contributed by atoms with E-state index in [1.807, 2.05) is 0 Å². The van der Waals surface area contributed by atoms with Crippen LogP contribution in [0.2, 0.25) is 0 Å². The molecule has 1 atom stereocenters. The molecule has 208 valence electrons. The SMILES string of the molecule is NCCCOc1ccc(N(C(=O)CNC(=O)c2cccc(NC3=NCCCN3)c2)[C@@H](CC(=O)O)C(=O)O)cc1. The fourth-order valence-electron chi connectivity index (χ4n) is 3.76. The Kier molecular flexibility index (Phi) is 10.6. The largest absolute Gasteiger partial charge is 0.494 e. The van der Waals surface area contributed by atoms with E-state index in [9.17, 15) is 29.4 Å². The van der Waals surface area contributed by atoms with Gasteiger partial charge in [0.25, 0.3) is 5.91 Å². The van der Waals surface area contributed by atoms with E-state index in [-0.39, 0.29) is 11.3 Å². The zero-order valence-corrected chi connectivity index (χ0v) is 21.3. The summed E-state index contributed by atoms with van der Waals surface area (Å²) in [6, 6.07) is 10.8. The van der Waals surface area contributed by atoms with Crippen LogP contribution in [-0.2, 0) is 14.4 Å². The molecular formula is C26H32N6O7. The van der Waals surface area contributed by atoms with E-state index in [0.717, 1.165) is 17.9 Å². The van der Waals surface area contributed by atoms with Gasteiger partial charge in [-0.2, -0.15) is 0 Å². The van der Waals surface area contributed by atoms with Crippen LogP contribution in [0.15, 0.2) is 53.5 Å². The molecule has 1 aliphatic heterocycles. The highest BCUT2D eigenvalue weighted by Crippen LogP contribution is 2.23. The van der Waals surface area contributed by atoms with Crippen molar-refractivity contribution in [1.82, 2.24) is 10.6 Å². The second kappa shape index (κ2) is 14.3. The standard InChI is InChI=1S/C26H32N6O7/c27-10-2-13-39-20-8-6-19(7-9-20)32(21(25(37)38)15-23(34)35)22(33)16-30-24(36)17-4-1-5-18(14-17)31-26-28-11-3-12-29-26/h1,4-9,14,21H,2-3,10-13,15-16,27H2,(H,30,36)(H,34,35)(H,37,38)(H2,28,29,31)/t21-/m0/s1. The molecule has 3 rings (SSSR count). The summed E-state index contributed by atoms with van der Waals surface area (Å²) in [5, 5.41) is 27.7. The molecule has 1 heterocycles. The van der Waals surface area contributed by atoms with Crippen molar-refractivity contribution in [2.45, 2.75) is 25.3 Å². The predicted octanol–water partition coefficient (Wildman–Crippen LogP) is 0.866. The van der Waals surface area contributed by atoms with E-state index in [2.05, 4.69) is 20.9 Å². The summed E-state index contributed by atoms with van der Waals surface area (Å²) in [5.41, 5.74) is 6.47. The number of hydrogen-bond donors (Lipinski definition) is 6. The molecule has 0 aliphatic carbocycles. The molecule has 0 saturated heterocycles. The molecule has 0 bridgehead atoms. The van der Waals surface area contributed by atoms with Crippen molar-refractivity contribution in [3.05, 3.63) is 54.1 Å². The van der Waals surface area contributed by atoms with E-state index in [0.29, 0.717) is 43.5 Å². The highest BCUT2D eigenvalue weighted by Gasteiger charge is 2.33. The molecule has 2 amide bonds. The number of rotatable bonds is 13. The van der Waals surface area contributed by atoms with Crippen molar-refractivity contribution in [2.24, 2.45) is 10.7 Å². The van der Waals surface area contributed by atoms with Gasteiger partial charge in [0.1, 0.15) is 11.8 Å². The van der Waals surface area contributed by atoms with Crippen molar-refractivity contribution in [3.8, 4) is 5.75 Å². The highest BCUT2D eigenvalue weighted by molar-refractivity contribution is 6.04. The van der Waals surface area contributed by atoms with E-state index < -0.39 is 42.8 Å². The number of guanidine groups is 1. The van der Waals surface area contributed by atoms with Crippen LogP contribution in [-0.4, -0.2) is 78.8 Å². The second-order valence-electron chi connectivity index (χ2n) is 8.60. The first-order valence-electron chi connectivity index (χ1n) is 12.4. The number of carboxylic acids is 2. The lowest BCUT2D eigenvalue weighted by molar-refractivity contribution is -0.145. The number of nitrogens with zero attached hydrogens (tertiary/aromatic N) is 2. The van der Waals surface area contributed by atoms with Gasteiger partial charge in [-0.15, -0.1) is 0 Å². The summed E-state index contributed by atoms with van der Waals surface area (Å²) in [4.78, 5) is 54.5. The lowest BCUT2D eigenvalue weighted by atomic mass is 10.1. The van der Waals surface area contributed by atoms with Crippen molar-refractivity contribution in [3.63, 3.8) is 0 Å². The molecule has 7 N–H and O–H groups in total. The average molecular weight is 541 g/mol. The van der Waals surface area contributed by atoms with Crippen molar-refractivity contribution >= 4 is 41.1 Å². The first-order valence-corrected chi connectivity index (χ1v) is 12.4. The minimum atomic E-state index is -1.70. The zero-order valence-electron chi connectivity index (χ0n) is 21.3.